The number of halogens is 2. The molecular formula is C8H4BrFN4OS. The van der Waals surface area contributed by atoms with Crippen molar-refractivity contribution in [3.05, 3.63) is 34.1 Å². The fourth-order valence-electron chi connectivity index (χ4n) is 0.989. The molecule has 0 radical (unpaired) electrons. The van der Waals surface area contributed by atoms with Crippen molar-refractivity contribution < 1.29 is 9.18 Å². The van der Waals surface area contributed by atoms with Crippen LogP contribution in [-0.2, 0) is 0 Å². The zero-order chi connectivity index (χ0) is 11.5. The summed E-state index contributed by atoms with van der Waals surface area (Å²) in [5.74, 6) is -0.812. The average molecular weight is 303 g/mol. The Kier molecular flexibility index (Phi) is 3.20. The second-order valence-electron chi connectivity index (χ2n) is 2.75. The molecule has 0 fully saturated rings. The van der Waals surface area contributed by atoms with Crippen molar-refractivity contribution in [2.45, 2.75) is 0 Å². The molecule has 5 nitrogen and oxygen atoms in total. The lowest BCUT2D eigenvalue weighted by molar-refractivity contribution is 0.102. The first kappa shape index (κ1) is 11.1. The van der Waals surface area contributed by atoms with E-state index in [1.165, 1.54) is 18.2 Å². The van der Waals surface area contributed by atoms with Crippen LogP contribution in [0.1, 0.15) is 10.4 Å². The highest BCUT2D eigenvalue weighted by atomic mass is 79.9. The number of nitrogens with one attached hydrogen (secondary N) is 1. The van der Waals surface area contributed by atoms with E-state index in [-0.39, 0.29) is 10.4 Å². The molecule has 1 heterocycles. The van der Waals surface area contributed by atoms with Gasteiger partial charge in [0.15, 0.2) is 0 Å². The third-order valence-electron chi connectivity index (χ3n) is 1.70. The Balaban J connectivity index is 2.18. The lowest BCUT2D eigenvalue weighted by Gasteiger charge is -2.01. The molecule has 1 aromatic heterocycles. The van der Waals surface area contributed by atoms with Crippen LogP contribution in [-0.4, -0.2) is 20.7 Å². The molecule has 2 aromatic rings. The molecule has 0 bridgehead atoms. The van der Waals surface area contributed by atoms with Crippen molar-refractivity contribution in [3.8, 4) is 0 Å². The summed E-state index contributed by atoms with van der Waals surface area (Å²) in [4.78, 5) is 11.6. The van der Waals surface area contributed by atoms with Gasteiger partial charge in [0.25, 0.3) is 5.91 Å². The molecular weight excluding hydrogens is 299 g/mol. The van der Waals surface area contributed by atoms with Crippen LogP contribution in [0.15, 0.2) is 22.7 Å². The smallest absolute Gasteiger partial charge is 0.257 e. The molecule has 16 heavy (non-hydrogen) atoms. The molecule has 0 saturated carbocycles. The Hall–Kier alpha value is -1.41. The van der Waals surface area contributed by atoms with Gasteiger partial charge in [-0.15, -0.1) is 0 Å². The summed E-state index contributed by atoms with van der Waals surface area (Å²) in [6.07, 6.45) is 0. The van der Waals surface area contributed by atoms with Crippen molar-refractivity contribution >= 4 is 38.5 Å². The summed E-state index contributed by atoms with van der Waals surface area (Å²) in [5.41, 5.74) is 0.323. The van der Waals surface area contributed by atoms with Gasteiger partial charge in [-0.05, 0) is 39.3 Å². The fourth-order valence-corrected chi connectivity index (χ4v) is 1.73. The third-order valence-corrected chi connectivity index (χ3v) is 2.82. The molecule has 2 rings (SSSR count). The minimum absolute atomic E-state index is 0.232. The maximum Gasteiger partial charge on any atom is 0.257 e. The monoisotopic (exact) mass is 302 g/mol. The van der Waals surface area contributed by atoms with Gasteiger partial charge in [-0.2, -0.15) is 0 Å². The summed E-state index contributed by atoms with van der Waals surface area (Å²) in [6, 6.07) is 3.97. The van der Waals surface area contributed by atoms with Crippen LogP contribution in [0.2, 0.25) is 0 Å². The Labute approximate surface area is 102 Å². The predicted molar refractivity (Wildman–Crippen MR) is 59.8 cm³/mol. The van der Waals surface area contributed by atoms with Gasteiger partial charge in [0.05, 0.1) is 4.47 Å². The maximum absolute atomic E-state index is 12.9. The quantitative estimate of drug-likeness (QED) is 0.922. The zero-order valence-corrected chi connectivity index (χ0v) is 10.0. The Morgan fingerprint density at radius 3 is 2.94 bits per heavy atom. The van der Waals surface area contributed by atoms with E-state index in [1.807, 2.05) is 0 Å². The van der Waals surface area contributed by atoms with Gasteiger partial charge in [-0.3, -0.25) is 10.1 Å². The van der Waals surface area contributed by atoms with E-state index in [1.54, 1.807) is 0 Å². The maximum atomic E-state index is 12.9. The highest BCUT2D eigenvalue weighted by molar-refractivity contribution is 9.10. The predicted octanol–water partition coefficient (Wildman–Crippen LogP) is 2.09. The Morgan fingerprint density at radius 2 is 2.31 bits per heavy atom. The number of benzene rings is 1. The first-order valence-electron chi connectivity index (χ1n) is 4.08. The van der Waals surface area contributed by atoms with E-state index < -0.39 is 5.82 Å². The van der Waals surface area contributed by atoms with Crippen molar-refractivity contribution in [1.82, 2.24) is 14.8 Å². The number of nitrogens with zero attached hydrogens (tertiary/aromatic N) is 3. The molecule has 1 amide bonds. The van der Waals surface area contributed by atoms with E-state index in [0.29, 0.717) is 10.7 Å². The van der Waals surface area contributed by atoms with Crippen molar-refractivity contribution in [1.29, 1.82) is 0 Å². The average Bonchev–Trinajstić information content (AvgIpc) is 2.74. The van der Waals surface area contributed by atoms with Crippen LogP contribution >= 0.6 is 27.5 Å². The molecule has 0 aliphatic carbocycles. The highest BCUT2D eigenvalue weighted by Gasteiger charge is 2.10. The number of anilines is 1. The Morgan fingerprint density at radius 1 is 1.50 bits per heavy atom. The first-order chi connectivity index (χ1) is 7.66. The van der Waals surface area contributed by atoms with Crippen LogP contribution in [0.25, 0.3) is 0 Å². The van der Waals surface area contributed by atoms with Crippen LogP contribution in [0.5, 0.6) is 0 Å². The van der Waals surface area contributed by atoms with Gasteiger partial charge >= 0.3 is 0 Å². The fraction of sp³-hybridized carbons (Fsp3) is 0. The van der Waals surface area contributed by atoms with E-state index in [4.69, 9.17) is 0 Å². The summed E-state index contributed by atoms with van der Waals surface area (Å²) >= 11 is 3.96. The second-order valence-corrected chi connectivity index (χ2v) is 4.34. The van der Waals surface area contributed by atoms with Gasteiger partial charge < -0.3 is 0 Å². The van der Waals surface area contributed by atoms with Crippen molar-refractivity contribution in [2.24, 2.45) is 0 Å². The minimum atomic E-state index is -0.422. The molecule has 1 N–H and O–H groups in total. The van der Waals surface area contributed by atoms with Crippen LogP contribution in [0, 0.1) is 5.82 Å². The summed E-state index contributed by atoms with van der Waals surface area (Å²) in [5, 5.41) is 9.68. The summed E-state index contributed by atoms with van der Waals surface area (Å²) < 4.78 is 16.7. The number of hydrogen-bond acceptors (Lipinski definition) is 5. The zero-order valence-electron chi connectivity index (χ0n) is 7.65. The van der Waals surface area contributed by atoms with Crippen LogP contribution < -0.4 is 5.32 Å². The summed E-state index contributed by atoms with van der Waals surface area (Å²) in [7, 11) is 0. The van der Waals surface area contributed by atoms with Gasteiger partial charge in [-0.1, -0.05) is 9.59 Å². The van der Waals surface area contributed by atoms with Crippen LogP contribution in [0.4, 0.5) is 9.52 Å². The van der Waals surface area contributed by atoms with E-state index in [0.717, 1.165) is 11.5 Å². The number of rotatable bonds is 2. The SMILES string of the molecule is O=C(Nc1nnns1)c1ccc(F)c(Br)c1. The van der Waals surface area contributed by atoms with Gasteiger partial charge in [0.2, 0.25) is 5.13 Å². The Bertz CT molecular complexity index is 519. The molecule has 0 aliphatic rings. The molecule has 82 valence electrons. The number of carbonyl (C=O) groups excluding carboxylic acids is 1. The van der Waals surface area contributed by atoms with Crippen molar-refractivity contribution in [3.63, 3.8) is 0 Å². The van der Waals surface area contributed by atoms with E-state index in [9.17, 15) is 9.18 Å². The normalized spacial score (nSPS) is 10.1. The third kappa shape index (κ3) is 2.39. The molecule has 8 heteroatoms. The lowest BCUT2D eigenvalue weighted by Crippen LogP contribution is -2.11. The molecule has 0 saturated heterocycles. The van der Waals surface area contributed by atoms with E-state index >= 15 is 0 Å². The van der Waals surface area contributed by atoms with Gasteiger partial charge in [-0.25, -0.2) is 4.39 Å². The lowest BCUT2D eigenvalue weighted by atomic mass is 10.2. The number of hydrogen-bond donors (Lipinski definition) is 1. The minimum Gasteiger partial charge on any atom is -0.295 e. The van der Waals surface area contributed by atoms with E-state index in [2.05, 4.69) is 36.0 Å². The van der Waals surface area contributed by atoms with Gasteiger partial charge in [0.1, 0.15) is 5.82 Å². The highest BCUT2D eigenvalue weighted by Crippen LogP contribution is 2.17. The topological polar surface area (TPSA) is 67.8 Å². The number of amides is 1. The molecule has 0 spiro atoms. The molecule has 1 aromatic carbocycles. The first-order valence-corrected chi connectivity index (χ1v) is 5.65. The number of carbonyl (C=O) groups is 1. The molecule has 0 unspecified atom stereocenters. The standard InChI is InChI=1S/C8H4BrFN4OS/c9-5-3-4(1-2-6(5)10)7(15)11-8-12-13-14-16-8/h1-3H,(H,11,12,14,15). The summed E-state index contributed by atoms with van der Waals surface area (Å²) in [6.45, 7) is 0. The largest absolute Gasteiger partial charge is 0.295 e. The van der Waals surface area contributed by atoms with Gasteiger partial charge in [0, 0.05) is 17.1 Å². The van der Waals surface area contributed by atoms with Crippen molar-refractivity contribution in [2.75, 3.05) is 5.32 Å². The molecule has 0 atom stereocenters. The van der Waals surface area contributed by atoms with Crippen LogP contribution in [0.3, 0.4) is 0 Å². The number of aromatic nitrogens is 3. The second kappa shape index (κ2) is 4.62. The molecule has 0 aliphatic heterocycles.